The Morgan fingerprint density at radius 3 is 3.07 bits per heavy atom. The SMILES string of the molecule is O=C(CCCc1ccccn1)c1noc2c1CN(c1ncnc3[nH]ccc13)CC2. The molecule has 0 radical (unpaired) electrons. The number of nitrogens with zero attached hydrogens (tertiary/aromatic N) is 5. The Morgan fingerprint density at radius 1 is 1.21 bits per heavy atom. The first-order chi connectivity index (χ1) is 14.3. The number of carbonyl (C=O) groups excluding carboxylic acids is 1. The van der Waals surface area contributed by atoms with Crippen LogP contribution < -0.4 is 4.90 Å². The highest BCUT2D eigenvalue weighted by atomic mass is 16.5. The second-order valence-corrected chi connectivity index (χ2v) is 7.14. The fraction of sp³-hybridized carbons (Fsp3) is 0.286. The Balaban J connectivity index is 1.32. The predicted octanol–water partition coefficient (Wildman–Crippen LogP) is 3.11. The molecular formula is C21H20N6O2. The molecule has 0 amide bonds. The lowest BCUT2D eigenvalue weighted by Gasteiger charge is -2.27. The van der Waals surface area contributed by atoms with Crippen LogP contribution in [0.3, 0.4) is 0 Å². The standard InChI is InChI=1S/C21H20N6O2/c28-17(6-3-5-14-4-1-2-9-22-14)19-16-12-27(11-8-18(16)29-26-19)21-15-7-10-23-20(15)24-13-25-21/h1-2,4,7,9-10,13H,3,5-6,8,11-12H2,(H,23,24,25). The zero-order valence-electron chi connectivity index (χ0n) is 15.8. The van der Waals surface area contributed by atoms with Crippen LogP contribution in [0.15, 0.2) is 47.5 Å². The number of H-pyrrole nitrogens is 1. The molecule has 0 spiro atoms. The van der Waals surface area contributed by atoms with E-state index in [9.17, 15) is 4.79 Å². The van der Waals surface area contributed by atoms with Gasteiger partial charge in [-0.25, -0.2) is 9.97 Å². The molecule has 0 saturated carbocycles. The molecular weight excluding hydrogens is 368 g/mol. The number of hydrogen-bond donors (Lipinski definition) is 1. The van der Waals surface area contributed by atoms with E-state index in [1.165, 1.54) is 0 Å². The summed E-state index contributed by atoms with van der Waals surface area (Å²) in [5.41, 5.74) is 3.12. The normalized spacial score (nSPS) is 13.6. The van der Waals surface area contributed by atoms with Crippen molar-refractivity contribution in [3.8, 4) is 0 Å². The van der Waals surface area contributed by atoms with Crippen LogP contribution >= 0.6 is 0 Å². The van der Waals surface area contributed by atoms with E-state index in [2.05, 4.69) is 30.0 Å². The molecule has 5 heterocycles. The molecule has 5 rings (SSSR count). The number of pyridine rings is 1. The van der Waals surface area contributed by atoms with Crippen molar-refractivity contribution in [1.82, 2.24) is 25.1 Å². The maximum absolute atomic E-state index is 12.8. The zero-order chi connectivity index (χ0) is 19.6. The molecule has 1 aliphatic rings. The van der Waals surface area contributed by atoms with Crippen molar-refractivity contribution in [2.75, 3.05) is 11.4 Å². The predicted molar refractivity (Wildman–Crippen MR) is 107 cm³/mol. The monoisotopic (exact) mass is 388 g/mol. The van der Waals surface area contributed by atoms with Gasteiger partial charge in [-0.1, -0.05) is 11.2 Å². The third-order valence-electron chi connectivity index (χ3n) is 5.29. The molecule has 4 aromatic heterocycles. The third-order valence-corrected chi connectivity index (χ3v) is 5.29. The highest BCUT2D eigenvalue weighted by molar-refractivity contribution is 5.96. The second-order valence-electron chi connectivity index (χ2n) is 7.14. The van der Waals surface area contributed by atoms with E-state index in [4.69, 9.17) is 4.52 Å². The maximum Gasteiger partial charge on any atom is 0.185 e. The number of ketones is 1. The molecule has 0 atom stereocenters. The summed E-state index contributed by atoms with van der Waals surface area (Å²) in [6, 6.07) is 7.80. The first-order valence-electron chi connectivity index (χ1n) is 9.73. The summed E-state index contributed by atoms with van der Waals surface area (Å²) in [7, 11) is 0. The van der Waals surface area contributed by atoms with Crippen LogP contribution in [0.1, 0.15) is 40.3 Å². The van der Waals surface area contributed by atoms with Crippen molar-refractivity contribution in [2.45, 2.75) is 32.2 Å². The second kappa shape index (κ2) is 7.46. The van der Waals surface area contributed by atoms with Gasteiger partial charge in [0.25, 0.3) is 0 Å². The van der Waals surface area contributed by atoms with E-state index >= 15 is 0 Å². The van der Waals surface area contributed by atoms with Gasteiger partial charge in [-0.05, 0) is 31.0 Å². The van der Waals surface area contributed by atoms with Crippen molar-refractivity contribution >= 4 is 22.6 Å². The van der Waals surface area contributed by atoms with Crippen LogP contribution in [-0.2, 0) is 19.4 Å². The first-order valence-corrected chi connectivity index (χ1v) is 9.73. The molecule has 0 saturated heterocycles. The van der Waals surface area contributed by atoms with Gasteiger partial charge >= 0.3 is 0 Å². The van der Waals surface area contributed by atoms with Gasteiger partial charge in [0, 0.05) is 43.0 Å². The highest BCUT2D eigenvalue weighted by Crippen LogP contribution is 2.30. The number of anilines is 1. The lowest BCUT2D eigenvalue weighted by Crippen LogP contribution is -2.31. The van der Waals surface area contributed by atoms with E-state index in [0.717, 1.165) is 53.3 Å². The lowest BCUT2D eigenvalue weighted by atomic mass is 10.0. The van der Waals surface area contributed by atoms with Crippen LogP contribution in [0.25, 0.3) is 11.0 Å². The molecule has 4 aromatic rings. The maximum atomic E-state index is 12.8. The van der Waals surface area contributed by atoms with Crippen molar-refractivity contribution in [1.29, 1.82) is 0 Å². The largest absolute Gasteiger partial charge is 0.360 e. The van der Waals surface area contributed by atoms with Crippen LogP contribution in [0.4, 0.5) is 5.82 Å². The minimum Gasteiger partial charge on any atom is -0.360 e. The number of aromatic amines is 1. The number of Topliss-reactive ketones (excluding diaryl/α,β-unsaturated/α-hetero) is 1. The molecule has 146 valence electrons. The third kappa shape index (κ3) is 3.37. The van der Waals surface area contributed by atoms with Crippen LogP contribution in [-0.4, -0.2) is 37.4 Å². The van der Waals surface area contributed by atoms with Crippen LogP contribution in [0.5, 0.6) is 0 Å². The van der Waals surface area contributed by atoms with E-state index in [1.54, 1.807) is 12.5 Å². The van der Waals surface area contributed by atoms with Crippen LogP contribution in [0, 0.1) is 0 Å². The Bertz CT molecular complexity index is 1150. The summed E-state index contributed by atoms with van der Waals surface area (Å²) >= 11 is 0. The summed E-state index contributed by atoms with van der Waals surface area (Å²) < 4.78 is 5.48. The number of rotatable bonds is 6. The van der Waals surface area contributed by atoms with Gasteiger partial charge in [-0.2, -0.15) is 0 Å². The molecule has 1 N–H and O–H groups in total. The zero-order valence-corrected chi connectivity index (χ0v) is 15.8. The summed E-state index contributed by atoms with van der Waals surface area (Å²) in [6.07, 6.45) is 7.80. The van der Waals surface area contributed by atoms with Gasteiger partial charge in [0.1, 0.15) is 23.6 Å². The lowest BCUT2D eigenvalue weighted by molar-refractivity contribution is 0.0970. The van der Waals surface area contributed by atoms with Crippen molar-refractivity contribution in [2.24, 2.45) is 0 Å². The molecule has 0 bridgehead atoms. The van der Waals surface area contributed by atoms with Gasteiger partial charge in [-0.3, -0.25) is 9.78 Å². The van der Waals surface area contributed by atoms with E-state index < -0.39 is 0 Å². The van der Waals surface area contributed by atoms with E-state index in [-0.39, 0.29) is 5.78 Å². The molecule has 8 nitrogen and oxygen atoms in total. The minimum atomic E-state index is 0.0160. The quantitative estimate of drug-likeness (QED) is 0.507. The van der Waals surface area contributed by atoms with Crippen LogP contribution in [0.2, 0.25) is 0 Å². The molecule has 8 heteroatoms. The summed E-state index contributed by atoms with van der Waals surface area (Å²) in [5.74, 6) is 1.67. The number of fused-ring (bicyclic) bond motifs is 2. The van der Waals surface area contributed by atoms with Gasteiger partial charge in [0.15, 0.2) is 11.5 Å². The Kier molecular flexibility index (Phi) is 4.51. The fourth-order valence-corrected chi connectivity index (χ4v) is 3.81. The summed E-state index contributed by atoms with van der Waals surface area (Å²) in [5, 5.41) is 5.07. The Hall–Kier alpha value is -3.55. The van der Waals surface area contributed by atoms with E-state index in [0.29, 0.717) is 25.1 Å². The Labute approximate surface area is 167 Å². The number of nitrogens with one attached hydrogen (secondary N) is 1. The van der Waals surface area contributed by atoms with E-state index in [1.807, 2.05) is 30.5 Å². The average molecular weight is 388 g/mol. The van der Waals surface area contributed by atoms with Gasteiger partial charge in [0.2, 0.25) is 0 Å². The average Bonchev–Trinajstić information content (AvgIpc) is 3.40. The first kappa shape index (κ1) is 17.5. The highest BCUT2D eigenvalue weighted by Gasteiger charge is 2.28. The van der Waals surface area contributed by atoms with Crippen molar-refractivity contribution < 1.29 is 9.32 Å². The molecule has 0 fully saturated rings. The smallest absolute Gasteiger partial charge is 0.185 e. The van der Waals surface area contributed by atoms with Gasteiger partial charge in [0.05, 0.1) is 11.9 Å². The molecule has 1 aliphatic heterocycles. The number of aromatic nitrogens is 5. The van der Waals surface area contributed by atoms with Gasteiger partial charge in [-0.15, -0.1) is 0 Å². The Morgan fingerprint density at radius 2 is 2.17 bits per heavy atom. The molecule has 0 unspecified atom stereocenters. The van der Waals surface area contributed by atoms with Crippen molar-refractivity contribution in [3.63, 3.8) is 0 Å². The fourth-order valence-electron chi connectivity index (χ4n) is 3.81. The van der Waals surface area contributed by atoms with Crippen molar-refractivity contribution in [3.05, 3.63) is 65.7 Å². The molecule has 0 aromatic carbocycles. The summed E-state index contributed by atoms with van der Waals surface area (Å²) in [6.45, 7) is 1.31. The molecule has 29 heavy (non-hydrogen) atoms. The van der Waals surface area contributed by atoms with Gasteiger partial charge < -0.3 is 14.4 Å². The molecule has 0 aliphatic carbocycles. The summed E-state index contributed by atoms with van der Waals surface area (Å²) in [4.78, 5) is 31.1. The topological polar surface area (TPSA) is 101 Å². The number of aryl methyl sites for hydroxylation is 1. The number of hydrogen-bond acceptors (Lipinski definition) is 7. The number of carbonyl (C=O) groups is 1. The minimum absolute atomic E-state index is 0.0160.